The van der Waals surface area contributed by atoms with Crippen LogP contribution in [-0.2, 0) is 10.8 Å². The van der Waals surface area contributed by atoms with Crippen molar-refractivity contribution in [3.8, 4) is 44.5 Å². The number of benzene rings is 11. The number of nitrogens with zero attached hydrogens (tertiary/aromatic N) is 3. The summed E-state index contributed by atoms with van der Waals surface area (Å²) in [6.07, 6.45) is 0. The molecule has 5 heteroatoms. The van der Waals surface area contributed by atoms with E-state index in [0.717, 1.165) is 34.1 Å². The summed E-state index contributed by atoms with van der Waals surface area (Å²) in [5.41, 5.74) is 25.3. The summed E-state index contributed by atoms with van der Waals surface area (Å²) in [7, 11) is 0. The molecule has 0 radical (unpaired) electrons. The standard InChI is InChI=1S/C75H62BN3S/c1-49-45-54(51-21-13-9-14-22-51)30-44-67(49)78-69-47-61(77(58-37-31-56(32-38-58)74(2,3)4)59-39-33-57(34-40-59)75(5,6)7)41-43-66(69)76-71-64(48-65-63-25-17-18-26-70(63)80-73(65)72(71)78)62-42-29-55(52-23-15-10-16-24-52)46-68(62)79(76)60-35-27-53(28-36-60)50-19-11-8-12-20-50/h8-48H,1-7H3. The third kappa shape index (κ3) is 8.42. The molecule has 14 rings (SSSR count). The summed E-state index contributed by atoms with van der Waals surface area (Å²) in [5.74, 6) is 0. The van der Waals surface area contributed by atoms with Gasteiger partial charge in [0.25, 0.3) is 0 Å². The van der Waals surface area contributed by atoms with Gasteiger partial charge in [-0.1, -0.05) is 211 Å². The summed E-state index contributed by atoms with van der Waals surface area (Å²) >= 11 is 1.92. The highest BCUT2D eigenvalue weighted by molar-refractivity contribution is 7.26. The fourth-order valence-corrected chi connectivity index (χ4v) is 13.7. The minimum Gasteiger partial charge on any atom is -0.376 e. The lowest BCUT2D eigenvalue weighted by Crippen LogP contribution is -2.61. The topological polar surface area (TPSA) is 9.72 Å². The molecule has 0 amide bonds. The minimum absolute atomic E-state index is 0.0103. The van der Waals surface area contributed by atoms with Crippen molar-refractivity contribution >= 4 is 94.8 Å². The van der Waals surface area contributed by atoms with Crippen LogP contribution in [0.4, 0.5) is 45.5 Å². The normalized spacial score (nSPS) is 12.9. The smallest absolute Gasteiger partial charge is 0.333 e. The van der Waals surface area contributed by atoms with Gasteiger partial charge in [-0.15, -0.1) is 11.3 Å². The molecular formula is C75H62BN3S. The van der Waals surface area contributed by atoms with Crippen molar-refractivity contribution in [3.63, 3.8) is 0 Å². The molecule has 2 aliphatic rings. The Kier molecular flexibility index (Phi) is 11.8. The molecule has 0 N–H and O–H groups in total. The van der Waals surface area contributed by atoms with E-state index in [2.05, 4.69) is 312 Å². The molecule has 0 saturated carbocycles. The molecule has 11 aromatic carbocycles. The van der Waals surface area contributed by atoms with Crippen LogP contribution in [-0.4, -0.2) is 6.85 Å². The van der Waals surface area contributed by atoms with E-state index in [9.17, 15) is 0 Å². The number of thiophene rings is 1. The second kappa shape index (κ2) is 19.2. The number of aryl methyl sites for hydroxylation is 1. The van der Waals surface area contributed by atoms with Crippen molar-refractivity contribution in [2.45, 2.75) is 59.3 Å². The van der Waals surface area contributed by atoms with E-state index >= 15 is 0 Å². The Morgan fingerprint density at radius 1 is 0.400 bits per heavy atom. The molecule has 0 spiro atoms. The molecule has 0 fully saturated rings. The monoisotopic (exact) mass is 1050 g/mol. The van der Waals surface area contributed by atoms with E-state index in [4.69, 9.17) is 0 Å². The average Bonchev–Trinajstić information content (AvgIpc) is 3.93. The quantitative estimate of drug-likeness (QED) is 0.140. The van der Waals surface area contributed by atoms with E-state index in [1.54, 1.807) is 0 Å². The fraction of sp³-hybridized carbons (Fsp3) is 0.120. The maximum Gasteiger partial charge on any atom is 0.333 e. The lowest BCUT2D eigenvalue weighted by Gasteiger charge is -2.46. The molecule has 3 nitrogen and oxygen atoms in total. The van der Waals surface area contributed by atoms with Gasteiger partial charge in [0.05, 0.1) is 10.4 Å². The molecule has 0 unspecified atom stereocenters. The van der Waals surface area contributed by atoms with Crippen molar-refractivity contribution < 1.29 is 0 Å². The van der Waals surface area contributed by atoms with Crippen LogP contribution in [0.15, 0.2) is 249 Å². The molecule has 0 bridgehead atoms. The van der Waals surface area contributed by atoms with Crippen molar-refractivity contribution in [3.05, 3.63) is 265 Å². The Balaban J connectivity index is 1.08. The zero-order chi connectivity index (χ0) is 54.4. The Bertz CT molecular complexity index is 4250. The van der Waals surface area contributed by atoms with E-state index in [-0.39, 0.29) is 17.7 Å². The van der Waals surface area contributed by atoms with Gasteiger partial charge in [-0.05, 0) is 163 Å². The Labute approximate surface area is 475 Å². The SMILES string of the molecule is Cc1cc(-c2ccccc2)ccc1N1c2cc(N(c3ccc(C(C)(C)C)cc3)c3ccc(C(C)(C)C)cc3)ccc2B2c3c(cc4c(sc5ccccc54)c31)-c1ccc(-c3ccccc3)cc1N2c1ccc(-c2ccccc2)cc1. The van der Waals surface area contributed by atoms with Crippen LogP contribution >= 0.6 is 11.3 Å². The van der Waals surface area contributed by atoms with Gasteiger partial charge in [0.15, 0.2) is 0 Å². The van der Waals surface area contributed by atoms with Gasteiger partial charge in [0.2, 0.25) is 0 Å². The maximum atomic E-state index is 2.66. The lowest BCUT2D eigenvalue weighted by atomic mass is 9.43. The van der Waals surface area contributed by atoms with Crippen LogP contribution in [0.1, 0.15) is 58.2 Å². The summed E-state index contributed by atoms with van der Waals surface area (Å²) in [6, 6.07) is 93.4. The largest absolute Gasteiger partial charge is 0.376 e. The van der Waals surface area contributed by atoms with Gasteiger partial charge in [-0.3, -0.25) is 0 Å². The van der Waals surface area contributed by atoms with E-state index in [0.29, 0.717) is 0 Å². The molecule has 0 saturated heterocycles. The highest BCUT2D eigenvalue weighted by Crippen LogP contribution is 2.54. The second-order valence-electron chi connectivity index (χ2n) is 23.8. The molecule has 386 valence electrons. The van der Waals surface area contributed by atoms with Crippen LogP contribution < -0.4 is 25.5 Å². The predicted octanol–water partition coefficient (Wildman–Crippen LogP) is 20.1. The molecule has 2 aliphatic heterocycles. The van der Waals surface area contributed by atoms with Gasteiger partial charge in [-0.2, -0.15) is 0 Å². The Morgan fingerprint density at radius 3 is 1.50 bits per heavy atom. The first kappa shape index (κ1) is 49.4. The fourth-order valence-electron chi connectivity index (χ4n) is 12.5. The number of fused-ring (bicyclic) bond motifs is 8. The van der Waals surface area contributed by atoms with Crippen LogP contribution in [0.2, 0.25) is 0 Å². The minimum atomic E-state index is -0.203. The highest BCUT2D eigenvalue weighted by Gasteiger charge is 2.47. The van der Waals surface area contributed by atoms with Gasteiger partial charge in [-0.25, -0.2) is 0 Å². The zero-order valence-electron chi connectivity index (χ0n) is 46.5. The van der Waals surface area contributed by atoms with Gasteiger partial charge < -0.3 is 14.6 Å². The third-order valence-electron chi connectivity index (χ3n) is 16.7. The van der Waals surface area contributed by atoms with E-state index in [1.807, 2.05) is 11.3 Å². The Morgan fingerprint density at radius 2 is 0.912 bits per heavy atom. The summed E-state index contributed by atoms with van der Waals surface area (Å²) in [6.45, 7) is 15.9. The Hall–Kier alpha value is -8.90. The molecular weight excluding hydrogens is 986 g/mol. The van der Waals surface area contributed by atoms with Crippen LogP contribution in [0.5, 0.6) is 0 Å². The number of hydrogen-bond acceptors (Lipinski definition) is 4. The number of rotatable bonds is 8. The van der Waals surface area contributed by atoms with Gasteiger partial charge in [0.1, 0.15) is 0 Å². The summed E-state index contributed by atoms with van der Waals surface area (Å²) < 4.78 is 2.57. The second-order valence-corrected chi connectivity index (χ2v) is 24.9. The molecule has 80 heavy (non-hydrogen) atoms. The first-order valence-corrected chi connectivity index (χ1v) is 28.9. The maximum absolute atomic E-state index is 2.66. The zero-order valence-corrected chi connectivity index (χ0v) is 47.3. The molecule has 0 aliphatic carbocycles. The third-order valence-corrected chi connectivity index (χ3v) is 17.9. The van der Waals surface area contributed by atoms with Crippen molar-refractivity contribution in [1.29, 1.82) is 0 Å². The van der Waals surface area contributed by atoms with E-state index < -0.39 is 0 Å². The lowest BCUT2D eigenvalue weighted by molar-refractivity contribution is 0.590. The average molecular weight is 1050 g/mol. The first-order chi connectivity index (χ1) is 38.9. The molecule has 1 aromatic heterocycles. The predicted molar refractivity (Wildman–Crippen MR) is 346 cm³/mol. The number of anilines is 8. The van der Waals surface area contributed by atoms with E-state index in [1.165, 1.54) is 104 Å². The molecule has 12 aromatic rings. The summed E-state index contributed by atoms with van der Waals surface area (Å²) in [4.78, 5) is 7.78. The van der Waals surface area contributed by atoms with Crippen LogP contribution in [0.3, 0.4) is 0 Å². The van der Waals surface area contributed by atoms with Crippen LogP contribution in [0.25, 0.3) is 64.7 Å². The van der Waals surface area contributed by atoms with Crippen molar-refractivity contribution in [2.75, 3.05) is 14.6 Å². The molecule has 0 atom stereocenters. The first-order valence-electron chi connectivity index (χ1n) is 28.1. The van der Waals surface area contributed by atoms with Gasteiger partial charge in [0, 0.05) is 60.8 Å². The number of hydrogen-bond donors (Lipinski definition) is 0. The highest BCUT2D eigenvalue weighted by atomic mass is 32.1. The van der Waals surface area contributed by atoms with Crippen molar-refractivity contribution in [1.82, 2.24) is 0 Å². The van der Waals surface area contributed by atoms with Crippen molar-refractivity contribution in [2.24, 2.45) is 0 Å². The van der Waals surface area contributed by atoms with Gasteiger partial charge >= 0.3 is 6.85 Å². The molecule has 3 heterocycles. The van der Waals surface area contributed by atoms with Crippen LogP contribution in [0, 0.1) is 6.92 Å². The summed E-state index contributed by atoms with van der Waals surface area (Å²) in [5, 5.41) is 2.56.